The van der Waals surface area contributed by atoms with Crippen LogP contribution in [0.1, 0.15) is 102 Å². The summed E-state index contributed by atoms with van der Waals surface area (Å²) in [4.78, 5) is 12.4. The maximum Gasteiger partial charge on any atom is 0.313 e. The Morgan fingerprint density at radius 2 is 0.862 bits per heavy atom. The van der Waals surface area contributed by atoms with Crippen molar-refractivity contribution in [3.63, 3.8) is 0 Å². The molecular weight excluding hydrogens is 741 g/mol. The number of unbranched alkanes of at least 4 members (excludes halogenated alkanes) is 6. The quantitative estimate of drug-likeness (QED) is 0.0477. The molecule has 0 amide bonds. The molecule has 0 aliphatic rings. The molecule has 0 bridgehead atoms. The molecule has 0 aromatic heterocycles. The Balaban J connectivity index is 1.22. The van der Waals surface area contributed by atoms with Gasteiger partial charge in [-0.25, -0.2) is 0 Å². The lowest BCUT2D eigenvalue weighted by molar-refractivity contribution is -0.145. The van der Waals surface area contributed by atoms with Crippen LogP contribution in [0.15, 0.2) is 48.5 Å². The van der Waals surface area contributed by atoms with Crippen LogP contribution in [-0.2, 0) is 60.3 Å². The van der Waals surface area contributed by atoms with Crippen molar-refractivity contribution in [2.24, 2.45) is 5.92 Å². The average molecular weight is 819 g/mol. The molecular formula is C47H78O11. The molecule has 332 valence electrons. The van der Waals surface area contributed by atoms with Crippen LogP contribution < -0.4 is 4.74 Å². The highest BCUT2D eigenvalue weighted by molar-refractivity contribution is 5.77. The second-order valence-electron chi connectivity index (χ2n) is 14.8. The molecule has 1 atom stereocenters. The van der Waals surface area contributed by atoms with Crippen LogP contribution in [0.4, 0.5) is 0 Å². The molecule has 2 rings (SSSR count). The van der Waals surface area contributed by atoms with Crippen molar-refractivity contribution in [3.8, 4) is 5.75 Å². The Morgan fingerprint density at radius 1 is 0.448 bits per heavy atom. The van der Waals surface area contributed by atoms with Gasteiger partial charge < -0.3 is 47.4 Å². The predicted molar refractivity (Wildman–Crippen MR) is 229 cm³/mol. The zero-order valence-corrected chi connectivity index (χ0v) is 36.6. The van der Waals surface area contributed by atoms with Gasteiger partial charge in [0, 0.05) is 13.0 Å². The average Bonchev–Trinajstić information content (AvgIpc) is 3.23. The summed E-state index contributed by atoms with van der Waals surface area (Å²) in [6.07, 6.45) is 12.2. The normalized spacial score (nSPS) is 12.0. The van der Waals surface area contributed by atoms with Gasteiger partial charge in [0.1, 0.15) is 12.4 Å². The number of esters is 1. The molecule has 0 saturated carbocycles. The summed E-state index contributed by atoms with van der Waals surface area (Å²) in [7, 11) is 0. The highest BCUT2D eigenvalue weighted by Crippen LogP contribution is 2.19. The van der Waals surface area contributed by atoms with Crippen LogP contribution in [0.25, 0.3) is 0 Å². The van der Waals surface area contributed by atoms with Crippen LogP contribution in [0.5, 0.6) is 5.75 Å². The molecule has 0 radical (unpaired) electrons. The summed E-state index contributed by atoms with van der Waals surface area (Å²) < 4.78 is 55.6. The van der Waals surface area contributed by atoms with Crippen molar-refractivity contribution in [2.75, 3.05) is 119 Å². The second-order valence-corrected chi connectivity index (χ2v) is 14.8. The fourth-order valence-electron chi connectivity index (χ4n) is 5.91. The van der Waals surface area contributed by atoms with Gasteiger partial charge in [0.25, 0.3) is 0 Å². The van der Waals surface area contributed by atoms with Gasteiger partial charge in [-0.1, -0.05) is 95.7 Å². The van der Waals surface area contributed by atoms with E-state index < -0.39 is 0 Å². The van der Waals surface area contributed by atoms with Crippen molar-refractivity contribution in [1.29, 1.82) is 0 Å². The minimum Gasteiger partial charge on any atom is -0.491 e. The standard InChI is InChI=1S/C47H78O11/c1-5-6-7-8-9-10-11-13-43-16-20-46(21-17-43)57-39-38-56-37-36-55-35-34-54-33-32-53-31-30-52-29-28-51-27-26-50-25-24-49-22-12-23-58-47(48)42(4)45-18-14-44(15-19-45)40-41(2)3/h14-21,41-42H,5-13,22-40H2,1-4H3. The number of hydrogen-bond donors (Lipinski definition) is 0. The van der Waals surface area contributed by atoms with E-state index >= 15 is 0 Å². The van der Waals surface area contributed by atoms with Gasteiger partial charge in [-0.15, -0.1) is 0 Å². The third-order valence-electron chi connectivity index (χ3n) is 9.25. The maximum atomic E-state index is 12.4. The number of hydrogen-bond acceptors (Lipinski definition) is 11. The molecule has 0 aliphatic heterocycles. The lowest BCUT2D eigenvalue weighted by Crippen LogP contribution is -2.16. The molecule has 0 N–H and O–H groups in total. The lowest BCUT2D eigenvalue weighted by Gasteiger charge is -2.13. The molecule has 58 heavy (non-hydrogen) atoms. The number of carbonyl (C=O) groups is 1. The lowest BCUT2D eigenvalue weighted by atomic mass is 9.97. The van der Waals surface area contributed by atoms with Crippen molar-refractivity contribution in [2.45, 2.75) is 97.8 Å². The molecule has 0 saturated heterocycles. The molecule has 0 heterocycles. The van der Waals surface area contributed by atoms with Crippen molar-refractivity contribution in [3.05, 3.63) is 65.2 Å². The van der Waals surface area contributed by atoms with E-state index in [0.29, 0.717) is 131 Å². The van der Waals surface area contributed by atoms with Gasteiger partial charge in [0.15, 0.2) is 0 Å². The Hall–Kier alpha value is -2.61. The Morgan fingerprint density at radius 3 is 1.33 bits per heavy atom. The van der Waals surface area contributed by atoms with Crippen LogP contribution in [-0.4, -0.2) is 125 Å². The first-order valence-electron chi connectivity index (χ1n) is 22.1. The van der Waals surface area contributed by atoms with Gasteiger partial charge >= 0.3 is 5.97 Å². The van der Waals surface area contributed by atoms with Crippen LogP contribution in [0, 0.1) is 5.92 Å². The summed E-state index contributed by atoms with van der Waals surface area (Å²) in [5.41, 5.74) is 3.64. The van der Waals surface area contributed by atoms with Crippen molar-refractivity contribution in [1.82, 2.24) is 0 Å². The number of ether oxygens (including phenoxy) is 10. The van der Waals surface area contributed by atoms with Crippen molar-refractivity contribution < 1.29 is 52.2 Å². The van der Waals surface area contributed by atoms with Gasteiger partial charge in [0.05, 0.1) is 112 Å². The Kier molecular flexibility index (Phi) is 33.2. The van der Waals surface area contributed by atoms with E-state index in [4.69, 9.17) is 47.4 Å². The fraction of sp³-hybridized carbons (Fsp3) is 0.723. The minimum absolute atomic E-state index is 0.209. The largest absolute Gasteiger partial charge is 0.491 e. The minimum atomic E-state index is -0.285. The molecule has 11 heteroatoms. The van der Waals surface area contributed by atoms with E-state index in [-0.39, 0.29) is 11.9 Å². The first kappa shape index (κ1) is 51.5. The van der Waals surface area contributed by atoms with E-state index in [1.165, 1.54) is 56.1 Å². The molecule has 0 spiro atoms. The van der Waals surface area contributed by atoms with Crippen LogP contribution >= 0.6 is 0 Å². The smallest absolute Gasteiger partial charge is 0.313 e. The second kappa shape index (κ2) is 37.4. The topological polar surface area (TPSA) is 109 Å². The van der Waals surface area contributed by atoms with Gasteiger partial charge in [-0.05, 0) is 60.9 Å². The number of rotatable bonds is 41. The number of carbonyl (C=O) groups excluding carboxylic acids is 1. The summed E-state index contributed by atoms with van der Waals surface area (Å²) in [6.45, 7) is 17.5. The van der Waals surface area contributed by atoms with E-state index in [0.717, 1.165) is 24.2 Å². The first-order valence-corrected chi connectivity index (χ1v) is 22.1. The van der Waals surface area contributed by atoms with Gasteiger partial charge in [-0.3, -0.25) is 4.79 Å². The highest BCUT2D eigenvalue weighted by Gasteiger charge is 2.16. The summed E-state index contributed by atoms with van der Waals surface area (Å²) in [6, 6.07) is 16.7. The molecule has 2 aromatic rings. The first-order chi connectivity index (χ1) is 28.5. The van der Waals surface area contributed by atoms with E-state index in [1.54, 1.807) is 0 Å². The van der Waals surface area contributed by atoms with Crippen LogP contribution in [0.3, 0.4) is 0 Å². The number of benzene rings is 2. The van der Waals surface area contributed by atoms with E-state index in [9.17, 15) is 4.79 Å². The molecule has 0 aliphatic carbocycles. The van der Waals surface area contributed by atoms with E-state index in [1.807, 2.05) is 19.1 Å². The third kappa shape index (κ3) is 29.6. The monoisotopic (exact) mass is 819 g/mol. The zero-order valence-electron chi connectivity index (χ0n) is 36.6. The summed E-state index contributed by atoms with van der Waals surface area (Å²) in [5.74, 6) is 0.997. The summed E-state index contributed by atoms with van der Waals surface area (Å²) in [5, 5.41) is 0. The van der Waals surface area contributed by atoms with E-state index in [2.05, 4.69) is 57.2 Å². The SMILES string of the molecule is CCCCCCCCCc1ccc(OCCOCCOCCOCCOCCOCCOCCOCCOCCCOC(=O)C(C)c2ccc(CC(C)C)cc2)cc1. The maximum absolute atomic E-state index is 12.4. The fourth-order valence-corrected chi connectivity index (χ4v) is 5.91. The van der Waals surface area contributed by atoms with Gasteiger partial charge in [-0.2, -0.15) is 0 Å². The Labute approximate surface area is 351 Å². The predicted octanol–water partition coefficient (Wildman–Crippen LogP) is 8.43. The Bertz CT molecular complexity index is 1190. The molecule has 1 unspecified atom stereocenters. The van der Waals surface area contributed by atoms with Gasteiger partial charge in [0.2, 0.25) is 0 Å². The molecule has 2 aromatic carbocycles. The number of aryl methyl sites for hydroxylation is 1. The zero-order chi connectivity index (χ0) is 41.6. The van der Waals surface area contributed by atoms with Crippen molar-refractivity contribution >= 4 is 5.97 Å². The highest BCUT2D eigenvalue weighted by atomic mass is 16.6. The molecule has 0 fully saturated rings. The summed E-state index contributed by atoms with van der Waals surface area (Å²) >= 11 is 0. The third-order valence-corrected chi connectivity index (χ3v) is 9.25. The van der Waals surface area contributed by atoms with Crippen LogP contribution in [0.2, 0.25) is 0 Å². The molecule has 11 nitrogen and oxygen atoms in total.